The fraction of sp³-hybridized carbons (Fsp3) is 0.900. The number of aliphatic hydroxyl groups excluding tert-OH is 1. The number of hydrogen-bond donors (Lipinski definition) is 3. The van der Waals surface area contributed by atoms with Gasteiger partial charge in [0.25, 0.3) is 0 Å². The van der Waals surface area contributed by atoms with Crippen molar-refractivity contribution in [3.8, 4) is 0 Å². The molecule has 0 saturated carbocycles. The van der Waals surface area contributed by atoms with Crippen LogP contribution in [0.1, 0.15) is 33.6 Å². The molecule has 0 radical (unpaired) electrons. The summed E-state index contributed by atoms with van der Waals surface area (Å²) in [6.07, 6.45) is 1.22. The van der Waals surface area contributed by atoms with Crippen LogP contribution in [0.4, 0.5) is 0 Å². The van der Waals surface area contributed by atoms with Crippen molar-refractivity contribution in [2.45, 2.75) is 45.7 Å². The first-order valence-electron chi connectivity index (χ1n) is 5.19. The van der Waals surface area contributed by atoms with E-state index in [0.29, 0.717) is 18.8 Å². The van der Waals surface area contributed by atoms with Gasteiger partial charge in [-0.25, -0.2) is 0 Å². The van der Waals surface area contributed by atoms with Gasteiger partial charge in [-0.3, -0.25) is 4.79 Å². The van der Waals surface area contributed by atoms with Gasteiger partial charge in [0.15, 0.2) is 0 Å². The molecule has 2 atom stereocenters. The standard InChI is InChI=1S/C10H22N2O2/c1-4-8(11)10(14)12-9(5-6-13)7(2)3/h7-9,13H,4-6,11H2,1-3H3,(H,12,14)/t8-,9?/m0/s1. The van der Waals surface area contributed by atoms with Gasteiger partial charge in [0.05, 0.1) is 6.04 Å². The first-order chi connectivity index (χ1) is 6.52. The summed E-state index contributed by atoms with van der Waals surface area (Å²) < 4.78 is 0. The number of hydrogen-bond acceptors (Lipinski definition) is 3. The first kappa shape index (κ1) is 13.4. The van der Waals surface area contributed by atoms with Gasteiger partial charge in [0.2, 0.25) is 5.91 Å². The topological polar surface area (TPSA) is 75.4 Å². The predicted molar refractivity (Wildman–Crippen MR) is 56.7 cm³/mol. The van der Waals surface area contributed by atoms with Crippen molar-refractivity contribution in [1.82, 2.24) is 5.32 Å². The fourth-order valence-corrected chi connectivity index (χ4v) is 1.19. The van der Waals surface area contributed by atoms with E-state index >= 15 is 0 Å². The maximum absolute atomic E-state index is 11.4. The van der Waals surface area contributed by atoms with Gasteiger partial charge < -0.3 is 16.2 Å². The molecule has 1 amide bonds. The van der Waals surface area contributed by atoms with Crippen molar-refractivity contribution >= 4 is 5.91 Å². The van der Waals surface area contributed by atoms with E-state index in [4.69, 9.17) is 10.8 Å². The quantitative estimate of drug-likeness (QED) is 0.578. The highest BCUT2D eigenvalue weighted by Gasteiger charge is 2.18. The van der Waals surface area contributed by atoms with Crippen LogP contribution in [-0.4, -0.2) is 29.7 Å². The molecule has 0 aliphatic carbocycles. The summed E-state index contributed by atoms with van der Waals surface area (Å²) in [7, 11) is 0. The number of carbonyl (C=O) groups is 1. The lowest BCUT2D eigenvalue weighted by Crippen LogP contribution is -2.47. The second-order valence-electron chi connectivity index (χ2n) is 3.89. The minimum Gasteiger partial charge on any atom is -0.396 e. The molecular weight excluding hydrogens is 180 g/mol. The van der Waals surface area contributed by atoms with Gasteiger partial charge in [-0.1, -0.05) is 20.8 Å². The summed E-state index contributed by atoms with van der Waals surface area (Å²) in [5.41, 5.74) is 5.59. The minimum atomic E-state index is -0.435. The molecule has 0 aromatic rings. The Morgan fingerprint density at radius 1 is 1.50 bits per heavy atom. The summed E-state index contributed by atoms with van der Waals surface area (Å²) in [6.45, 7) is 5.99. The van der Waals surface area contributed by atoms with E-state index in [2.05, 4.69) is 5.32 Å². The number of carbonyl (C=O) groups excluding carboxylic acids is 1. The van der Waals surface area contributed by atoms with Crippen molar-refractivity contribution in [2.75, 3.05) is 6.61 Å². The molecule has 4 heteroatoms. The number of nitrogens with two attached hydrogens (primary N) is 1. The number of aliphatic hydroxyl groups is 1. The van der Waals surface area contributed by atoms with Gasteiger partial charge in [0, 0.05) is 12.6 Å². The van der Waals surface area contributed by atoms with Crippen LogP contribution in [0, 0.1) is 5.92 Å². The highest BCUT2D eigenvalue weighted by molar-refractivity contribution is 5.81. The molecule has 0 fully saturated rings. The Hall–Kier alpha value is -0.610. The normalized spacial score (nSPS) is 15.3. The summed E-state index contributed by atoms with van der Waals surface area (Å²) in [5, 5.41) is 11.7. The van der Waals surface area contributed by atoms with Gasteiger partial charge in [-0.05, 0) is 18.8 Å². The second kappa shape index (κ2) is 6.79. The van der Waals surface area contributed by atoms with E-state index in [1.165, 1.54) is 0 Å². The Morgan fingerprint density at radius 3 is 2.43 bits per heavy atom. The Morgan fingerprint density at radius 2 is 2.07 bits per heavy atom. The first-order valence-corrected chi connectivity index (χ1v) is 5.19. The predicted octanol–water partition coefficient (Wildman–Crippen LogP) is 0.247. The monoisotopic (exact) mass is 202 g/mol. The molecule has 4 nitrogen and oxygen atoms in total. The summed E-state index contributed by atoms with van der Waals surface area (Å²) in [5.74, 6) is 0.190. The molecule has 14 heavy (non-hydrogen) atoms. The summed E-state index contributed by atoms with van der Waals surface area (Å²) >= 11 is 0. The maximum atomic E-state index is 11.4. The molecule has 0 aromatic heterocycles. The Balaban J connectivity index is 4.08. The minimum absolute atomic E-state index is 0.0186. The molecule has 0 heterocycles. The zero-order valence-corrected chi connectivity index (χ0v) is 9.29. The maximum Gasteiger partial charge on any atom is 0.237 e. The van der Waals surface area contributed by atoms with Gasteiger partial charge in [-0.15, -0.1) is 0 Å². The van der Waals surface area contributed by atoms with Crippen LogP contribution < -0.4 is 11.1 Å². The molecule has 0 saturated heterocycles. The average Bonchev–Trinajstić information content (AvgIpc) is 2.15. The highest BCUT2D eigenvalue weighted by Crippen LogP contribution is 2.05. The van der Waals surface area contributed by atoms with E-state index in [-0.39, 0.29) is 18.6 Å². The smallest absolute Gasteiger partial charge is 0.237 e. The van der Waals surface area contributed by atoms with Crippen LogP contribution in [0.15, 0.2) is 0 Å². The number of amides is 1. The van der Waals surface area contributed by atoms with Crippen LogP contribution in [0.25, 0.3) is 0 Å². The van der Waals surface area contributed by atoms with E-state index in [1.54, 1.807) is 0 Å². The molecular formula is C10H22N2O2. The average molecular weight is 202 g/mol. The SMILES string of the molecule is CC[C@H](N)C(=O)NC(CCO)C(C)C. The largest absolute Gasteiger partial charge is 0.396 e. The molecule has 84 valence electrons. The van der Waals surface area contributed by atoms with E-state index in [0.717, 1.165) is 0 Å². The van der Waals surface area contributed by atoms with Crippen molar-refractivity contribution in [3.63, 3.8) is 0 Å². The summed E-state index contributed by atoms with van der Waals surface area (Å²) in [6, 6.07) is -0.417. The van der Waals surface area contributed by atoms with Gasteiger partial charge >= 0.3 is 0 Å². The second-order valence-corrected chi connectivity index (χ2v) is 3.89. The Bertz CT molecular complexity index is 172. The van der Waals surface area contributed by atoms with Gasteiger partial charge in [0.1, 0.15) is 0 Å². The molecule has 1 unspecified atom stereocenters. The Labute approximate surface area is 85.9 Å². The van der Waals surface area contributed by atoms with E-state index < -0.39 is 6.04 Å². The number of nitrogens with one attached hydrogen (secondary N) is 1. The third kappa shape index (κ3) is 4.58. The molecule has 0 rings (SSSR count). The van der Waals surface area contributed by atoms with Crippen LogP contribution in [0.5, 0.6) is 0 Å². The van der Waals surface area contributed by atoms with Crippen molar-refractivity contribution in [1.29, 1.82) is 0 Å². The molecule has 0 spiro atoms. The van der Waals surface area contributed by atoms with Crippen molar-refractivity contribution in [3.05, 3.63) is 0 Å². The zero-order chi connectivity index (χ0) is 11.1. The third-order valence-corrected chi connectivity index (χ3v) is 2.35. The third-order valence-electron chi connectivity index (χ3n) is 2.35. The lowest BCUT2D eigenvalue weighted by Gasteiger charge is -2.23. The van der Waals surface area contributed by atoms with Crippen molar-refractivity contribution < 1.29 is 9.90 Å². The fourth-order valence-electron chi connectivity index (χ4n) is 1.19. The molecule has 0 bridgehead atoms. The highest BCUT2D eigenvalue weighted by atomic mass is 16.3. The molecule has 0 aliphatic heterocycles. The lowest BCUT2D eigenvalue weighted by molar-refractivity contribution is -0.123. The van der Waals surface area contributed by atoms with E-state index in [1.807, 2.05) is 20.8 Å². The van der Waals surface area contributed by atoms with Gasteiger partial charge in [-0.2, -0.15) is 0 Å². The molecule has 0 aromatic carbocycles. The van der Waals surface area contributed by atoms with E-state index in [9.17, 15) is 4.79 Å². The van der Waals surface area contributed by atoms with Crippen LogP contribution in [0.2, 0.25) is 0 Å². The summed E-state index contributed by atoms with van der Waals surface area (Å²) in [4.78, 5) is 11.4. The van der Waals surface area contributed by atoms with Crippen LogP contribution in [0.3, 0.4) is 0 Å². The van der Waals surface area contributed by atoms with Crippen LogP contribution in [-0.2, 0) is 4.79 Å². The lowest BCUT2D eigenvalue weighted by atomic mass is 10.0. The number of rotatable bonds is 6. The zero-order valence-electron chi connectivity index (χ0n) is 9.29. The van der Waals surface area contributed by atoms with Crippen LogP contribution >= 0.6 is 0 Å². The molecule has 0 aliphatic rings. The van der Waals surface area contributed by atoms with Crippen molar-refractivity contribution in [2.24, 2.45) is 11.7 Å². The Kier molecular flexibility index (Phi) is 6.49. The molecule has 4 N–H and O–H groups in total.